The van der Waals surface area contributed by atoms with Crippen LogP contribution in [0.4, 0.5) is 17.1 Å². The van der Waals surface area contributed by atoms with E-state index in [-0.39, 0.29) is 11.1 Å². The lowest BCUT2D eigenvalue weighted by molar-refractivity contribution is 0.0709. The van der Waals surface area contributed by atoms with Crippen molar-refractivity contribution in [2.75, 3.05) is 38.3 Å². The number of azo groups is 1. The fraction of sp³-hybridized carbons (Fsp3) is 0.385. The van der Waals surface area contributed by atoms with Crippen LogP contribution in [0, 0.1) is 0 Å². The monoisotopic (exact) mass is 705 g/mol. The van der Waals surface area contributed by atoms with E-state index in [1.165, 1.54) is 0 Å². The molecule has 0 heterocycles. The summed E-state index contributed by atoms with van der Waals surface area (Å²) in [5.74, 6) is 0. The van der Waals surface area contributed by atoms with Gasteiger partial charge in [0.1, 0.15) is 4.90 Å². The van der Waals surface area contributed by atoms with Gasteiger partial charge in [-0.15, -0.1) is 5.11 Å². The predicted octanol–water partition coefficient (Wildman–Crippen LogP) is 4.87. The summed E-state index contributed by atoms with van der Waals surface area (Å²) in [5, 5.41) is 7.22. The lowest BCUT2D eigenvalue weighted by Gasteiger charge is -2.29. The molecule has 3 aromatic carbocycles. The number of hydrogen-bond acceptors (Lipinski definition) is 12. The van der Waals surface area contributed by atoms with Gasteiger partial charge < -0.3 is 18.2 Å². The first-order chi connectivity index (χ1) is 20.9. The number of nitrogens with zero attached hydrogens (tertiary/aromatic N) is 3. The zero-order chi connectivity index (χ0) is 33.6. The molecule has 248 valence electrons. The number of fused-ring (bicyclic) bond motifs is 1. The van der Waals surface area contributed by atoms with Crippen LogP contribution in [0.15, 0.2) is 73.4 Å². The predicted molar refractivity (Wildman–Crippen MR) is 167 cm³/mol. The highest BCUT2D eigenvalue weighted by molar-refractivity contribution is 7.87. The van der Waals surface area contributed by atoms with Crippen molar-refractivity contribution in [3.05, 3.63) is 48.5 Å². The van der Waals surface area contributed by atoms with E-state index in [4.69, 9.17) is 13.3 Å². The van der Waals surface area contributed by atoms with Gasteiger partial charge in [-0.3, -0.25) is 13.7 Å². The molecule has 3 rings (SSSR count). The molecule has 0 aliphatic heterocycles. The maximum atomic E-state index is 12.2. The van der Waals surface area contributed by atoms with Crippen LogP contribution < -0.4 is 4.90 Å². The van der Waals surface area contributed by atoms with Crippen molar-refractivity contribution in [3.63, 3.8) is 0 Å². The molecule has 0 bridgehead atoms. The Hall–Kier alpha value is -2.85. The largest absolute Gasteiger partial charge is 0.500 e. The third-order valence-electron chi connectivity index (χ3n) is 6.45. The Kier molecular flexibility index (Phi) is 12.0. The van der Waals surface area contributed by atoms with Crippen LogP contribution in [0.1, 0.15) is 27.2 Å². The van der Waals surface area contributed by atoms with Crippen molar-refractivity contribution in [2.45, 2.75) is 47.9 Å². The van der Waals surface area contributed by atoms with Crippen molar-refractivity contribution >= 4 is 67.0 Å². The van der Waals surface area contributed by atoms with E-state index in [2.05, 4.69) is 10.2 Å². The molecule has 0 aromatic heterocycles. The topological polar surface area (TPSA) is 219 Å². The lowest BCUT2D eigenvalue weighted by Crippen LogP contribution is -2.46. The molecule has 45 heavy (non-hydrogen) atoms. The van der Waals surface area contributed by atoms with Crippen LogP contribution in [0.2, 0.25) is 6.04 Å². The average molecular weight is 706 g/mol. The summed E-state index contributed by atoms with van der Waals surface area (Å²) < 4.78 is 118. The van der Waals surface area contributed by atoms with Crippen molar-refractivity contribution < 1.29 is 52.2 Å². The second kappa shape index (κ2) is 14.7. The second-order valence-electron chi connectivity index (χ2n) is 9.61. The molecule has 3 N–H and O–H groups in total. The van der Waals surface area contributed by atoms with Crippen molar-refractivity contribution in [1.29, 1.82) is 0 Å². The molecule has 15 nitrogen and oxygen atoms in total. The Morgan fingerprint density at radius 1 is 0.733 bits per heavy atom. The number of benzene rings is 3. The fourth-order valence-electron chi connectivity index (χ4n) is 4.53. The van der Waals surface area contributed by atoms with Crippen molar-refractivity contribution in [3.8, 4) is 0 Å². The van der Waals surface area contributed by atoms with E-state index in [1.807, 2.05) is 32.7 Å². The SMILES string of the molecule is CCO[Si](CCCN(C)c1ccc(N=Nc2cc(S(=O)(=O)O)cc3cc(S(=O)(=O)O)cc(S(=O)(=O)O)c23)cc1)(OCC)OCC. The molecule has 0 saturated carbocycles. The van der Waals surface area contributed by atoms with Crippen LogP contribution in [0.3, 0.4) is 0 Å². The molecule has 19 heteroatoms. The van der Waals surface area contributed by atoms with E-state index in [0.29, 0.717) is 38.5 Å². The Morgan fingerprint density at radius 2 is 1.24 bits per heavy atom. The van der Waals surface area contributed by atoms with E-state index in [9.17, 15) is 38.9 Å². The first-order valence-corrected chi connectivity index (χ1v) is 19.9. The van der Waals surface area contributed by atoms with E-state index >= 15 is 0 Å². The molecular formula is C26H35N3O12S3Si. The van der Waals surface area contributed by atoms with Crippen LogP contribution in [0.5, 0.6) is 0 Å². The Morgan fingerprint density at radius 3 is 1.71 bits per heavy atom. The van der Waals surface area contributed by atoms with Gasteiger partial charge in [0.2, 0.25) is 0 Å². The summed E-state index contributed by atoms with van der Waals surface area (Å²) >= 11 is 0. The Labute approximate surface area is 263 Å². The maximum absolute atomic E-state index is 12.2. The summed E-state index contributed by atoms with van der Waals surface area (Å²) in [6.07, 6.45) is 0.733. The second-order valence-corrected chi connectivity index (χ2v) is 16.6. The van der Waals surface area contributed by atoms with Crippen molar-refractivity contribution in [2.24, 2.45) is 10.2 Å². The number of anilines is 1. The minimum atomic E-state index is -5.12. The average Bonchev–Trinajstić information content (AvgIpc) is 2.94. The first kappa shape index (κ1) is 36.6. The van der Waals surface area contributed by atoms with Gasteiger partial charge in [0, 0.05) is 50.5 Å². The molecule has 0 atom stereocenters. The molecule has 0 radical (unpaired) electrons. The van der Waals surface area contributed by atoms with Gasteiger partial charge >= 0.3 is 8.80 Å². The Balaban J connectivity index is 1.94. The highest BCUT2D eigenvalue weighted by atomic mass is 32.2. The fourth-order valence-corrected chi connectivity index (χ4v) is 9.03. The summed E-state index contributed by atoms with van der Waals surface area (Å²) in [5.41, 5.74) is 0.674. The number of hydrogen-bond donors (Lipinski definition) is 3. The smallest absolute Gasteiger partial charge is 0.375 e. The van der Waals surface area contributed by atoms with E-state index in [1.54, 1.807) is 24.3 Å². The van der Waals surface area contributed by atoms with Gasteiger partial charge in [0.05, 0.1) is 21.2 Å². The molecule has 0 spiro atoms. The summed E-state index contributed by atoms with van der Waals surface area (Å²) in [6.45, 7) is 7.79. The van der Waals surface area contributed by atoms with E-state index in [0.717, 1.165) is 30.3 Å². The summed E-state index contributed by atoms with van der Waals surface area (Å²) in [6, 6.07) is 10.2. The van der Waals surface area contributed by atoms with E-state index < -0.39 is 64.9 Å². The van der Waals surface area contributed by atoms with Crippen molar-refractivity contribution in [1.82, 2.24) is 0 Å². The molecule has 0 saturated heterocycles. The lowest BCUT2D eigenvalue weighted by atomic mass is 10.1. The van der Waals surface area contributed by atoms with Crippen LogP contribution in [-0.2, 0) is 43.6 Å². The summed E-state index contributed by atoms with van der Waals surface area (Å²) in [4.78, 5) is -0.692. The first-order valence-electron chi connectivity index (χ1n) is 13.6. The van der Waals surface area contributed by atoms with Gasteiger partial charge in [-0.2, -0.15) is 30.4 Å². The number of rotatable bonds is 16. The third kappa shape index (κ3) is 9.58. The van der Waals surface area contributed by atoms with Gasteiger partial charge in [-0.05, 0) is 81.1 Å². The molecule has 0 unspecified atom stereocenters. The third-order valence-corrected chi connectivity index (χ3v) is 12.1. The molecule has 0 aliphatic carbocycles. The summed E-state index contributed by atoms with van der Waals surface area (Å²) in [7, 11) is -15.9. The van der Waals surface area contributed by atoms with Crippen LogP contribution in [-0.4, -0.2) is 81.1 Å². The van der Waals surface area contributed by atoms with Gasteiger partial charge in [-0.25, -0.2) is 0 Å². The van der Waals surface area contributed by atoms with Gasteiger partial charge in [0.15, 0.2) is 0 Å². The van der Waals surface area contributed by atoms with Gasteiger partial charge in [-0.1, -0.05) is 0 Å². The highest BCUT2D eigenvalue weighted by Crippen LogP contribution is 2.37. The maximum Gasteiger partial charge on any atom is 0.500 e. The molecule has 0 aliphatic rings. The zero-order valence-electron chi connectivity index (χ0n) is 24.9. The molecule has 3 aromatic rings. The molecule has 0 amide bonds. The molecular weight excluding hydrogens is 671 g/mol. The minimum Gasteiger partial charge on any atom is -0.375 e. The van der Waals surface area contributed by atoms with Crippen LogP contribution >= 0.6 is 0 Å². The molecule has 0 fully saturated rings. The highest BCUT2D eigenvalue weighted by Gasteiger charge is 2.39. The standard InChI is InChI=1S/C26H35N3O12S3Si/c1-5-39-45(40-6-2,41-7-3)14-8-13-29(4)21-11-9-20(10-12-21)27-28-24-17-22(42(30,31)32)15-19-16-23(43(33,34)35)18-25(26(19)24)44(36,37)38/h9-12,15-18H,5-8,13-14H2,1-4H3,(H,30,31,32)(H,33,34,35)(H,36,37,38). The minimum absolute atomic E-state index is 0.274. The zero-order valence-corrected chi connectivity index (χ0v) is 28.4. The quantitative estimate of drug-likeness (QED) is 0.103. The Bertz CT molecular complexity index is 1850. The van der Waals surface area contributed by atoms with Crippen LogP contribution in [0.25, 0.3) is 10.8 Å². The normalized spacial score (nSPS) is 13.1. The van der Waals surface area contributed by atoms with Gasteiger partial charge in [0.25, 0.3) is 30.4 Å².